The van der Waals surface area contributed by atoms with Crippen LogP contribution in [0.1, 0.15) is 28.7 Å². The standard InChI is InChI=1S/C18H22N2O6S2/c1-5-26-17(22)16-12(2)20(3)18(27-16)19-15(21)10-11-28(23,24)14-8-6-13(25-4)7-9-14/h6-9H,5,10-11H2,1-4H3. The van der Waals surface area contributed by atoms with Gasteiger partial charge in [0.15, 0.2) is 14.6 Å². The maximum atomic E-state index is 12.4. The zero-order chi connectivity index (χ0) is 20.9. The first-order valence-corrected chi connectivity index (χ1v) is 10.9. The maximum absolute atomic E-state index is 12.4. The van der Waals surface area contributed by atoms with E-state index in [0.717, 1.165) is 11.3 Å². The molecule has 0 fully saturated rings. The summed E-state index contributed by atoms with van der Waals surface area (Å²) in [5.74, 6) is -0.871. The molecule has 0 atom stereocenters. The number of aromatic nitrogens is 1. The molecular formula is C18H22N2O6S2. The lowest BCUT2D eigenvalue weighted by Crippen LogP contribution is -2.16. The van der Waals surface area contributed by atoms with Crippen molar-refractivity contribution < 1.29 is 27.5 Å². The lowest BCUT2D eigenvalue weighted by molar-refractivity contribution is -0.117. The van der Waals surface area contributed by atoms with Gasteiger partial charge >= 0.3 is 5.97 Å². The predicted molar refractivity (Wildman–Crippen MR) is 104 cm³/mol. The van der Waals surface area contributed by atoms with Crippen LogP contribution < -0.4 is 9.54 Å². The lowest BCUT2D eigenvalue weighted by atomic mass is 10.3. The molecule has 0 unspecified atom stereocenters. The van der Waals surface area contributed by atoms with Crippen LogP contribution in [-0.2, 0) is 26.4 Å². The topological polar surface area (TPSA) is 104 Å². The minimum atomic E-state index is -3.62. The average molecular weight is 427 g/mol. The van der Waals surface area contributed by atoms with E-state index in [1.165, 1.54) is 19.2 Å². The molecule has 28 heavy (non-hydrogen) atoms. The smallest absolute Gasteiger partial charge is 0.350 e. The van der Waals surface area contributed by atoms with Crippen molar-refractivity contribution >= 4 is 33.1 Å². The summed E-state index contributed by atoms with van der Waals surface area (Å²) in [6.45, 7) is 3.67. The molecule has 0 saturated heterocycles. The molecule has 0 aliphatic rings. The van der Waals surface area contributed by atoms with Crippen molar-refractivity contribution in [2.45, 2.75) is 25.2 Å². The minimum Gasteiger partial charge on any atom is -0.497 e. The first-order valence-electron chi connectivity index (χ1n) is 8.47. The number of ether oxygens (including phenoxy) is 2. The van der Waals surface area contributed by atoms with E-state index in [9.17, 15) is 18.0 Å². The SMILES string of the molecule is CCOC(=O)c1sc(=NC(=O)CCS(=O)(=O)c2ccc(OC)cc2)n(C)c1C. The van der Waals surface area contributed by atoms with Crippen LogP contribution in [0.4, 0.5) is 0 Å². The van der Waals surface area contributed by atoms with Gasteiger partial charge in [-0.2, -0.15) is 4.99 Å². The summed E-state index contributed by atoms with van der Waals surface area (Å²) in [5.41, 5.74) is 0.626. The molecule has 0 N–H and O–H groups in total. The summed E-state index contributed by atoms with van der Waals surface area (Å²) in [6.07, 6.45) is -0.264. The third-order valence-corrected chi connectivity index (χ3v) is 6.94. The van der Waals surface area contributed by atoms with Gasteiger partial charge in [0.2, 0.25) is 5.91 Å². The van der Waals surface area contributed by atoms with Crippen molar-refractivity contribution in [3.05, 3.63) is 39.6 Å². The highest BCUT2D eigenvalue weighted by Crippen LogP contribution is 2.17. The molecule has 2 aromatic rings. The zero-order valence-electron chi connectivity index (χ0n) is 16.1. The second kappa shape index (κ2) is 9.16. The van der Waals surface area contributed by atoms with E-state index >= 15 is 0 Å². The number of amides is 1. The quantitative estimate of drug-likeness (QED) is 0.626. The maximum Gasteiger partial charge on any atom is 0.350 e. The van der Waals surface area contributed by atoms with Gasteiger partial charge in [-0.1, -0.05) is 11.3 Å². The zero-order valence-corrected chi connectivity index (χ0v) is 17.7. The Morgan fingerprint density at radius 1 is 1.21 bits per heavy atom. The summed E-state index contributed by atoms with van der Waals surface area (Å²) >= 11 is 1.03. The predicted octanol–water partition coefficient (Wildman–Crippen LogP) is 1.87. The van der Waals surface area contributed by atoms with Crippen molar-refractivity contribution in [3.8, 4) is 5.75 Å². The first kappa shape index (κ1) is 21.8. The van der Waals surface area contributed by atoms with Gasteiger partial charge in [-0.25, -0.2) is 13.2 Å². The van der Waals surface area contributed by atoms with Crippen LogP contribution in [0.2, 0.25) is 0 Å². The highest BCUT2D eigenvalue weighted by atomic mass is 32.2. The summed E-state index contributed by atoms with van der Waals surface area (Å²) in [5, 5.41) is 0. The van der Waals surface area contributed by atoms with Crippen LogP contribution in [0.25, 0.3) is 0 Å². The van der Waals surface area contributed by atoms with E-state index < -0.39 is 21.7 Å². The van der Waals surface area contributed by atoms with E-state index in [2.05, 4.69) is 4.99 Å². The molecule has 0 aliphatic heterocycles. The molecule has 1 heterocycles. The number of hydrogen-bond donors (Lipinski definition) is 0. The Morgan fingerprint density at radius 2 is 1.86 bits per heavy atom. The van der Waals surface area contributed by atoms with Gasteiger partial charge in [0, 0.05) is 19.2 Å². The number of sulfone groups is 1. The molecule has 0 bridgehead atoms. The Bertz CT molecular complexity index is 1030. The van der Waals surface area contributed by atoms with Crippen LogP contribution in [0.15, 0.2) is 34.2 Å². The fourth-order valence-corrected chi connectivity index (χ4v) is 4.56. The first-order chi connectivity index (χ1) is 13.2. The van der Waals surface area contributed by atoms with Gasteiger partial charge in [-0.05, 0) is 38.1 Å². The fraction of sp³-hybridized carbons (Fsp3) is 0.389. The van der Waals surface area contributed by atoms with E-state index in [0.29, 0.717) is 21.1 Å². The summed E-state index contributed by atoms with van der Waals surface area (Å²) < 4.78 is 36.3. The molecule has 0 aliphatic carbocycles. The third kappa shape index (κ3) is 5.08. The Hall–Kier alpha value is -2.46. The van der Waals surface area contributed by atoms with Crippen LogP contribution in [0, 0.1) is 6.92 Å². The second-order valence-corrected chi connectivity index (χ2v) is 8.92. The monoisotopic (exact) mass is 426 g/mol. The van der Waals surface area contributed by atoms with E-state index in [-0.39, 0.29) is 23.7 Å². The number of methoxy groups -OCH3 is 1. The number of nitrogens with zero attached hydrogens (tertiary/aromatic N) is 2. The molecule has 10 heteroatoms. The van der Waals surface area contributed by atoms with Crippen LogP contribution >= 0.6 is 11.3 Å². The van der Waals surface area contributed by atoms with Gasteiger partial charge in [0.1, 0.15) is 10.6 Å². The van der Waals surface area contributed by atoms with E-state index in [1.807, 2.05) is 0 Å². The molecule has 1 aromatic heterocycles. The number of benzene rings is 1. The molecule has 8 nitrogen and oxygen atoms in total. The van der Waals surface area contributed by atoms with Crippen molar-refractivity contribution in [2.24, 2.45) is 12.0 Å². The Kier molecular flexibility index (Phi) is 7.14. The lowest BCUT2D eigenvalue weighted by Gasteiger charge is -2.04. The van der Waals surface area contributed by atoms with Crippen molar-refractivity contribution in [1.82, 2.24) is 4.57 Å². The Labute approximate surface area is 167 Å². The summed E-state index contributed by atoms with van der Waals surface area (Å²) in [7, 11) is -0.456. The van der Waals surface area contributed by atoms with E-state index in [1.54, 1.807) is 37.6 Å². The third-order valence-electron chi connectivity index (χ3n) is 4.00. The molecule has 0 saturated carbocycles. The number of carbonyl (C=O) groups is 2. The molecular weight excluding hydrogens is 404 g/mol. The second-order valence-electron chi connectivity index (χ2n) is 5.83. The number of hydrogen-bond acceptors (Lipinski definition) is 7. The minimum absolute atomic E-state index is 0.114. The van der Waals surface area contributed by atoms with Gasteiger partial charge < -0.3 is 14.0 Å². The molecule has 1 aromatic carbocycles. The highest BCUT2D eigenvalue weighted by Gasteiger charge is 2.18. The fourth-order valence-electron chi connectivity index (χ4n) is 2.30. The highest BCUT2D eigenvalue weighted by molar-refractivity contribution is 7.91. The number of carbonyl (C=O) groups excluding carboxylic acids is 2. The van der Waals surface area contributed by atoms with Crippen molar-refractivity contribution in [3.63, 3.8) is 0 Å². The van der Waals surface area contributed by atoms with Gasteiger partial charge in [-0.15, -0.1) is 0 Å². The van der Waals surface area contributed by atoms with Crippen LogP contribution in [0.3, 0.4) is 0 Å². The number of esters is 1. The van der Waals surface area contributed by atoms with Crippen LogP contribution in [0.5, 0.6) is 5.75 Å². The van der Waals surface area contributed by atoms with Crippen molar-refractivity contribution in [2.75, 3.05) is 19.5 Å². The normalized spacial score (nSPS) is 12.1. The van der Waals surface area contributed by atoms with Gasteiger partial charge in [0.25, 0.3) is 0 Å². The molecule has 0 radical (unpaired) electrons. The molecule has 2 rings (SSSR count). The Morgan fingerprint density at radius 3 is 2.43 bits per heavy atom. The molecule has 1 amide bonds. The van der Waals surface area contributed by atoms with Crippen molar-refractivity contribution in [1.29, 1.82) is 0 Å². The largest absolute Gasteiger partial charge is 0.497 e. The van der Waals surface area contributed by atoms with E-state index in [4.69, 9.17) is 9.47 Å². The number of rotatable bonds is 7. The average Bonchev–Trinajstić information content (AvgIpc) is 2.95. The summed E-state index contributed by atoms with van der Waals surface area (Å²) in [6, 6.07) is 5.96. The number of thiazole rings is 1. The molecule has 152 valence electrons. The molecule has 0 spiro atoms. The Balaban J connectivity index is 2.15. The van der Waals surface area contributed by atoms with Gasteiger partial charge in [-0.3, -0.25) is 4.79 Å². The van der Waals surface area contributed by atoms with Gasteiger partial charge in [0.05, 0.1) is 24.4 Å². The summed E-state index contributed by atoms with van der Waals surface area (Å²) in [4.78, 5) is 28.9. The van der Waals surface area contributed by atoms with Crippen LogP contribution in [-0.4, -0.2) is 44.3 Å².